The Balaban J connectivity index is 0.976. The maximum absolute atomic E-state index is 13.0. The van der Waals surface area contributed by atoms with Gasteiger partial charge in [0.25, 0.3) is 5.91 Å². The van der Waals surface area contributed by atoms with E-state index in [1.165, 1.54) is 5.56 Å². The molecule has 3 atom stereocenters. The van der Waals surface area contributed by atoms with Crippen LogP contribution in [0, 0.1) is 0 Å². The molecule has 1 unspecified atom stereocenters. The lowest BCUT2D eigenvalue weighted by Crippen LogP contribution is -2.54. The highest BCUT2D eigenvalue weighted by Crippen LogP contribution is 2.37. The van der Waals surface area contributed by atoms with E-state index in [0.29, 0.717) is 30.5 Å². The van der Waals surface area contributed by atoms with Crippen LogP contribution in [0.3, 0.4) is 0 Å². The Bertz CT molecular complexity index is 1410. The Hall–Kier alpha value is -3.98. The molecule has 4 aliphatic rings. The Labute approximate surface area is 226 Å². The number of aromatic nitrogens is 2. The van der Waals surface area contributed by atoms with Gasteiger partial charge in [-0.2, -0.15) is 5.10 Å². The maximum Gasteiger partial charge on any atom is 0.255 e. The normalized spacial score (nSPS) is 25.5. The molecule has 1 aromatic heterocycles. The van der Waals surface area contributed by atoms with Gasteiger partial charge in [-0.3, -0.25) is 24.6 Å². The lowest BCUT2D eigenvalue weighted by atomic mass is 9.89. The van der Waals surface area contributed by atoms with E-state index in [4.69, 9.17) is 4.74 Å². The molecule has 3 aliphatic heterocycles. The number of fused-ring (bicyclic) bond motifs is 1. The molecular weight excluding hydrogens is 494 g/mol. The largest absolute Gasteiger partial charge is 0.489 e. The van der Waals surface area contributed by atoms with Gasteiger partial charge in [0.2, 0.25) is 11.8 Å². The first kappa shape index (κ1) is 24.1. The molecule has 3 aromatic rings. The first-order valence-corrected chi connectivity index (χ1v) is 13.8. The number of likely N-dealkylation sites (tertiary alicyclic amines) is 1. The molecule has 0 bridgehead atoms. The van der Waals surface area contributed by atoms with Gasteiger partial charge >= 0.3 is 0 Å². The average Bonchev–Trinajstić information content (AvgIpc) is 3.66. The van der Waals surface area contributed by atoms with Gasteiger partial charge in [-0.1, -0.05) is 12.1 Å². The topological polar surface area (TPSA) is 96.8 Å². The van der Waals surface area contributed by atoms with Crippen LogP contribution in [0.4, 0.5) is 0 Å². The highest BCUT2D eigenvalue weighted by atomic mass is 16.5. The number of hydrogen-bond acceptors (Lipinski definition) is 6. The zero-order valence-corrected chi connectivity index (χ0v) is 21.7. The highest BCUT2D eigenvalue weighted by molar-refractivity contribution is 6.05. The van der Waals surface area contributed by atoms with Crippen molar-refractivity contribution in [2.75, 3.05) is 13.1 Å². The first-order valence-electron chi connectivity index (χ1n) is 13.8. The zero-order chi connectivity index (χ0) is 26.5. The van der Waals surface area contributed by atoms with Crippen LogP contribution in [0.2, 0.25) is 0 Å². The predicted octanol–water partition coefficient (Wildman–Crippen LogP) is 3.03. The van der Waals surface area contributed by atoms with E-state index in [1.54, 1.807) is 11.1 Å². The average molecular weight is 526 g/mol. The third kappa shape index (κ3) is 4.40. The summed E-state index contributed by atoms with van der Waals surface area (Å²) in [7, 11) is 0. The fraction of sp³-hybridized carbons (Fsp3) is 0.400. The molecule has 3 fully saturated rings. The van der Waals surface area contributed by atoms with E-state index in [0.717, 1.165) is 49.4 Å². The van der Waals surface area contributed by atoms with Crippen LogP contribution in [0.1, 0.15) is 59.5 Å². The Morgan fingerprint density at radius 1 is 0.974 bits per heavy atom. The summed E-state index contributed by atoms with van der Waals surface area (Å²) < 4.78 is 8.39. The lowest BCUT2D eigenvalue weighted by molar-refractivity contribution is -0.136. The van der Waals surface area contributed by atoms with Gasteiger partial charge in [-0.15, -0.1) is 0 Å². The molecule has 0 radical (unpaired) electrons. The van der Waals surface area contributed by atoms with Gasteiger partial charge < -0.3 is 9.64 Å². The lowest BCUT2D eigenvalue weighted by Gasteiger charge is -2.45. The number of benzene rings is 2. The van der Waals surface area contributed by atoms with Crippen LogP contribution in [0.15, 0.2) is 60.9 Å². The minimum atomic E-state index is -0.604. The van der Waals surface area contributed by atoms with Gasteiger partial charge in [-0.05, 0) is 73.2 Å². The van der Waals surface area contributed by atoms with Gasteiger partial charge in [0.1, 0.15) is 17.9 Å². The molecule has 1 saturated carbocycles. The number of carbonyl (C=O) groups is 3. The van der Waals surface area contributed by atoms with E-state index >= 15 is 0 Å². The van der Waals surface area contributed by atoms with Gasteiger partial charge in [0.05, 0.1) is 5.69 Å². The molecule has 1 N–H and O–H groups in total. The van der Waals surface area contributed by atoms with Gasteiger partial charge in [0.15, 0.2) is 0 Å². The summed E-state index contributed by atoms with van der Waals surface area (Å²) in [4.78, 5) is 41.0. The number of rotatable bonds is 6. The summed E-state index contributed by atoms with van der Waals surface area (Å²) in [5, 5.41) is 6.66. The molecule has 200 valence electrons. The van der Waals surface area contributed by atoms with Crippen molar-refractivity contribution in [1.29, 1.82) is 0 Å². The fourth-order valence-electron chi connectivity index (χ4n) is 6.58. The Morgan fingerprint density at radius 2 is 1.82 bits per heavy atom. The van der Waals surface area contributed by atoms with Crippen molar-refractivity contribution in [2.24, 2.45) is 0 Å². The molecule has 2 aromatic carbocycles. The van der Waals surface area contributed by atoms with Crippen LogP contribution in [0.25, 0.3) is 5.69 Å². The van der Waals surface area contributed by atoms with Crippen LogP contribution < -0.4 is 10.1 Å². The number of nitrogens with one attached hydrogen (secondary N) is 1. The third-order valence-electron chi connectivity index (χ3n) is 8.71. The zero-order valence-electron chi connectivity index (χ0n) is 21.7. The van der Waals surface area contributed by atoms with Crippen LogP contribution in [-0.2, 0) is 16.1 Å². The summed E-state index contributed by atoms with van der Waals surface area (Å²) in [5.74, 6) is 0.476. The molecular formula is C30H31N5O4. The Kier molecular flexibility index (Phi) is 5.96. The summed E-state index contributed by atoms with van der Waals surface area (Å²) in [5.41, 5.74) is 3.92. The number of nitrogens with zero attached hydrogens (tertiary/aromatic N) is 4. The fourth-order valence-corrected chi connectivity index (χ4v) is 6.58. The minimum absolute atomic E-state index is 0.120. The molecule has 0 spiro atoms. The van der Waals surface area contributed by atoms with Crippen molar-refractivity contribution in [3.63, 3.8) is 0 Å². The third-order valence-corrected chi connectivity index (χ3v) is 8.71. The number of hydrogen-bond donors (Lipinski definition) is 1. The molecule has 9 heteroatoms. The second kappa shape index (κ2) is 9.64. The monoisotopic (exact) mass is 525 g/mol. The minimum Gasteiger partial charge on any atom is -0.489 e. The predicted molar refractivity (Wildman–Crippen MR) is 142 cm³/mol. The van der Waals surface area contributed by atoms with Crippen molar-refractivity contribution in [3.05, 3.63) is 77.6 Å². The number of piperidine rings is 1. The van der Waals surface area contributed by atoms with Crippen molar-refractivity contribution in [2.45, 2.75) is 62.8 Å². The molecule has 39 heavy (non-hydrogen) atoms. The van der Waals surface area contributed by atoms with Crippen molar-refractivity contribution in [1.82, 2.24) is 24.9 Å². The highest BCUT2D eigenvalue weighted by Gasteiger charge is 2.42. The van der Waals surface area contributed by atoms with E-state index < -0.39 is 6.04 Å². The van der Waals surface area contributed by atoms with Crippen molar-refractivity contribution in [3.8, 4) is 11.4 Å². The molecule has 2 saturated heterocycles. The first-order chi connectivity index (χ1) is 19.0. The van der Waals surface area contributed by atoms with Crippen LogP contribution >= 0.6 is 0 Å². The van der Waals surface area contributed by atoms with Crippen molar-refractivity contribution < 1.29 is 19.1 Å². The SMILES string of the molecule is O=C1CCC(N2Cc3cc(O[C@@H]4CCC[C@H]4N4CC(c5ccc(-n6cccn6)cc5)C4)ccc3C2=O)C(=O)N1. The van der Waals surface area contributed by atoms with E-state index in [-0.39, 0.29) is 30.2 Å². The standard InChI is InChI=1S/C30H31N5O4/c36-28-12-11-26(29(37)32-28)34-18-20-15-23(9-10-24(20)30(34)38)39-27-4-1-3-25(27)33-16-21(17-33)19-5-7-22(8-6-19)35-14-2-13-31-35/h2,5-10,13-15,21,25-27H,1,3-4,11-12,16-18H2,(H,32,36,37)/t25-,26?,27-/m1/s1. The second-order valence-corrected chi connectivity index (χ2v) is 11.1. The Morgan fingerprint density at radius 3 is 2.59 bits per heavy atom. The second-order valence-electron chi connectivity index (χ2n) is 11.1. The van der Waals surface area contributed by atoms with E-state index in [1.807, 2.05) is 35.1 Å². The van der Waals surface area contributed by atoms with Crippen molar-refractivity contribution >= 4 is 17.7 Å². The van der Waals surface area contributed by atoms with E-state index in [2.05, 4.69) is 39.6 Å². The molecule has 9 nitrogen and oxygen atoms in total. The summed E-state index contributed by atoms with van der Waals surface area (Å²) in [6, 6.07) is 16.0. The number of imide groups is 1. The molecule has 4 heterocycles. The number of carbonyl (C=O) groups excluding carboxylic acids is 3. The van der Waals surface area contributed by atoms with Crippen LogP contribution in [0.5, 0.6) is 5.75 Å². The smallest absolute Gasteiger partial charge is 0.255 e. The van der Waals surface area contributed by atoms with Crippen LogP contribution in [-0.4, -0.2) is 68.6 Å². The quantitative estimate of drug-likeness (QED) is 0.497. The summed E-state index contributed by atoms with van der Waals surface area (Å²) >= 11 is 0. The maximum atomic E-state index is 13.0. The molecule has 7 rings (SSSR count). The number of amides is 3. The summed E-state index contributed by atoms with van der Waals surface area (Å²) in [6.07, 6.45) is 7.76. The summed E-state index contributed by atoms with van der Waals surface area (Å²) in [6.45, 7) is 2.43. The number of ether oxygens (including phenoxy) is 1. The molecule has 3 amide bonds. The molecule has 1 aliphatic carbocycles. The van der Waals surface area contributed by atoms with Gasteiger partial charge in [-0.25, -0.2) is 4.68 Å². The van der Waals surface area contributed by atoms with Gasteiger partial charge in [0, 0.05) is 56.0 Å². The van der Waals surface area contributed by atoms with E-state index in [9.17, 15) is 14.4 Å².